The Morgan fingerprint density at radius 3 is 2.89 bits per heavy atom. The van der Waals surface area contributed by atoms with Crippen molar-refractivity contribution < 1.29 is 9.53 Å². The zero-order chi connectivity index (χ0) is 13.0. The summed E-state index contributed by atoms with van der Waals surface area (Å²) in [6.45, 7) is 1.84. The topological polar surface area (TPSA) is 52.1 Å². The second-order valence-corrected chi connectivity index (χ2v) is 5.49. The molecule has 0 spiro atoms. The molecule has 0 fully saturated rings. The van der Waals surface area contributed by atoms with E-state index in [4.69, 9.17) is 4.74 Å². The summed E-state index contributed by atoms with van der Waals surface area (Å²) in [5, 5.41) is 0. The molecule has 0 bridgehead atoms. The predicted octanol–water partition coefficient (Wildman–Crippen LogP) is 2.83. The molecule has 0 amide bonds. The van der Waals surface area contributed by atoms with Crippen LogP contribution in [0.15, 0.2) is 28.6 Å². The highest BCUT2D eigenvalue weighted by Crippen LogP contribution is 2.24. The SMILES string of the molecule is COc1ccccc1C(=O)CSc1nc(C)ns1. The lowest BCUT2D eigenvalue weighted by Gasteiger charge is -2.05. The molecule has 0 saturated carbocycles. The first-order chi connectivity index (χ1) is 8.70. The van der Waals surface area contributed by atoms with Crippen LogP contribution in [0.3, 0.4) is 0 Å². The number of aryl methyl sites for hydroxylation is 1. The minimum absolute atomic E-state index is 0.0327. The summed E-state index contributed by atoms with van der Waals surface area (Å²) in [5.74, 6) is 1.73. The number of carbonyl (C=O) groups excluding carboxylic acids is 1. The summed E-state index contributed by atoms with van der Waals surface area (Å²) in [7, 11) is 1.56. The molecule has 0 aliphatic rings. The molecule has 18 heavy (non-hydrogen) atoms. The van der Waals surface area contributed by atoms with Gasteiger partial charge in [-0.2, -0.15) is 4.37 Å². The minimum atomic E-state index is 0.0327. The molecule has 0 N–H and O–H groups in total. The average Bonchev–Trinajstić information content (AvgIpc) is 2.81. The van der Waals surface area contributed by atoms with Gasteiger partial charge in [0.1, 0.15) is 11.6 Å². The van der Waals surface area contributed by atoms with Crippen LogP contribution in [0.1, 0.15) is 16.2 Å². The molecular weight excluding hydrogens is 268 g/mol. The van der Waals surface area contributed by atoms with Gasteiger partial charge in [-0.1, -0.05) is 23.9 Å². The number of nitrogens with zero attached hydrogens (tertiary/aromatic N) is 2. The fourth-order valence-corrected chi connectivity index (χ4v) is 2.95. The van der Waals surface area contributed by atoms with Crippen molar-refractivity contribution in [3.8, 4) is 5.75 Å². The number of para-hydroxylation sites is 1. The largest absolute Gasteiger partial charge is 0.496 e. The number of methoxy groups -OCH3 is 1. The zero-order valence-electron chi connectivity index (χ0n) is 10.0. The molecule has 0 saturated heterocycles. The van der Waals surface area contributed by atoms with Crippen molar-refractivity contribution in [1.82, 2.24) is 9.36 Å². The normalized spacial score (nSPS) is 10.3. The van der Waals surface area contributed by atoms with Gasteiger partial charge in [-0.05, 0) is 30.6 Å². The molecule has 1 aromatic heterocycles. The van der Waals surface area contributed by atoms with Crippen molar-refractivity contribution in [3.63, 3.8) is 0 Å². The lowest BCUT2D eigenvalue weighted by atomic mass is 10.1. The van der Waals surface area contributed by atoms with Crippen LogP contribution in [0.2, 0.25) is 0 Å². The smallest absolute Gasteiger partial charge is 0.176 e. The molecule has 1 aromatic carbocycles. The van der Waals surface area contributed by atoms with E-state index in [2.05, 4.69) is 9.36 Å². The molecule has 2 aromatic rings. The van der Waals surface area contributed by atoms with Gasteiger partial charge in [0.25, 0.3) is 0 Å². The number of thioether (sulfide) groups is 1. The van der Waals surface area contributed by atoms with Gasteiger partial charge in [-0.25, -0.2) is 4.98 Å². The van der Waals surface area contributed by atoms with E-state index in [1.54, 1.807) is 19.2 Å². The first kappa shape index (κ1) is 13.0. The maximum Gasteiger partial charge on any atom is 0.176 e. The van der Waals surface area contributed by atoms with Crippen LogP contribution in [-0.2, 0) is 0 Å². The van der Waals surface area contributed by atoms with Crippen LogP contribution in [0, 0.1) is 6.92 Å². The Hall–Kier alpha value is -1.40. The number of ketones is 1. The summed E-state index contributed by atoms with van der Waals surface area (Å²) >= 11 is 2.72. The maximum absolute atomic E-state index is 12.1. The second kappa shape index (κ2) is 5.97. The lowest BCUT2D eigenvalue weighted by Crippen LogP contribution is -2.04. The van der Waals surface area contributed by atoms with E-state index < -0.39 is 0 Å². The molecule has 6 heteroatoms. The highest BCUT2D eigenvalue weighted by Gasteiger charge is 2.13. The van der Waals surface area contributed by atoms with Gasteiger partial charge >= 0.3 is 0 Å². The average molecular weight is 280 g/mol. The third-order valence-corrected chi connectivity index (χ3v) is 4.17. The summed E-state index contributed by atoms with van der Waals surface area (Å²) < 4.78 is 10.1. The molecule has 0 aliphatic heterocycles. The van der Waals surface area contributed by atoms with Gasteiger partial charge in [0.05, 0.1) is 18.4 Å². The molecule has 0 unspecified atom stereocenters. The van der Waals surface area contributed by atoms with Gasteiger partial charge in [0.2, 0.25) is 0 Å². The molecule has 0 aliphatic carbocycles. The van der Waals surface area contributed by atoms with Gasteiger partial charge < -0.3 is 4.74 Å². The molecule has 0 radical (unpaired) electrons. The Balaban J connectivity index is 2.03. The third-order valence-electron chi connectivity index (χ3n) is 2.24. The number of rotatable bonds is 5. The standard InChI is InChI=1S/C12H12N2O2S2/c1-8-13-12(18-14-8)17-7-10(15)9-5-3-4-6-11(9)16-2/h3-6H,7H2,1-2H3. The van der Waals surface area contributed by atoms with Crippen LogP contribution in [0.25, 0.3) is 0 Å². The fraction of sp³-hybridized carbons (Fsp3) is 0.250. The number of hydrogen-bond acceptors (Lipinski definition) is 6. The summed E-state index contributed by atoms with van der Waals surface area (Å²) in [6, 6.07) is 7.23. The van der Waals surface area contributed by atoms with Gasteiger partial charge in [-0.3, -0.25) is 4.79 Å². The summed E-state index contributed by atoms with van der Waals surface area (Å²) in [5.41, 5.74) is 0.605. The lowest BCUT2D eigenvalue weighted by molar-refractivity contribution is 0.101. The highest BCUT2D eigenvalue weighted by atomic mass is 32.2. The van der Waals surface area contributed by atoms with E-state index in [0.717, 1.165) is 10.2 Å². The highest BCUT2D eigenvalue weighted by molar-refractivity contribution is 8.01. The number of Topliss-reactive ketones (excluding diaryl/α,β-unsaturated/α-hetero) is 1. The van der Waals surface area contributed by atoms with E-state index in [1.165, 1.54) is 23.3 Å². The minimum Gasteiger partial charge on any atom is -0.496 e. The summed E-state index contributed by atoms with van der Waals surface area (Å²) in [6.07, 6.45) is 0. The Morgan fingerprint density at radius 2 is 2.22 bits per heavy atom. The monoisotopic (exact) mass is 280 g/mol. The first-order valence-corrected chi connectivity index (χ1v) is 7.06. The maximum atomic E-state index is 12.1. The van der Waals surface area contributed by atoms with E-state index in [-0.39, 0.29) is 5.78 Å². The molecule has 4 nitrogen and oxygen atoms in total. The fourth-order valence-electron chi connectivity index (χ4n) is 1.42. The van der Waals surface area contributed by atoms with Crippen LogP contribution in [0.5, 0.6) is 5.75 Å². The van der Waals surface area contributed by atoms with Crippen LogP contribution in [-0.4, -0.2) is 28.0 Å². The Kier molecular flexibility index (Phi) is 4.33. The van der Waals surface area contributed by atoms with Gasteiger partial charge in [-0.15, -0.1) is 0 Å². The molecule has 2 rings (SSSR count). The number of hydrogen-bond donors (Lipinski definition) is 0. The number of ether oxygens (including phenoxy) is 1. The molecule has 94 valence electrons. The molecule has 1 heterocycles. The van der Waals surface area contributed by atoms with Crippen LogP contribution >= 0.6 is 23.3 Å². The summed E-state index contributed by atoms with van der Waals surface area (Å²) in [4.78, 5) is 16.3. The van der Waals surface area contributed by atoms with Crippen molar-refractivity contribution in [2.75, 3.05) is 12.9 Å². The second-order valence-electron chi connectivity index (χ2n) is 3.52. The number of benzene rings is 1. The number of aromatic nitrogens is 2. The molecular formula is C12H12N2O2S2. The Labute approximate surface area is 114 Å². The predicted molar refractivity (Wildman–Crippen MR) is 72.7 cm³/mol. The van der Waals surface area contributed by atoms with E-state index in [9.17, 15) is 4.79 Å². The van der Waals surface area contributed by atoms with Gasteiger partial charge in [0, 0.05) is 0 Å². The number of carbonyl (C=O) groups is 1. The van der Waals surface area contributed by atoms with E-state index in [1.807, 2.05) is 19.1 Å². The van der Waals surface area contributed by atoms with Crippen molar-refractivity contribution in [3.05, 3.63) is 35.7 Å². The van der Waals surface area contributed by atoms with Crippen LogP contribution in [0.4, 0.5) is 0 Å². The van der Waals surface area contributed by atoms with Crippen molar-refractivity contribution >= 4 is 29.1 Å². The van der Waals surface area contributed by atoms with Crippen molar-refractivity contribution in [2.24, 2.45) is 0 Å². The van der Waals surface area contributed by atoms with Crippen molar-refractivity contribution in [2.45, 2.75) is 11.3 Å². The molecule has 0 atom stereocenters. The van der Waals surface area contributed by atoms with E-state index >= 15 is 0 Å². The van der Waals surface area contributed by atoms with Gasteiger partial charge in [0.15, 0.2) is 10.1 Å². The van der Waals surface area contributed by atoms with Crippen LogP contribution < -0.4 is 4.74 Å². The van der Waals surface area contributed by atoms with E-state index in [0.29, 0.717) is 17.1 Å². The first-order valence-electron chi connectivity index (χ1n) is 5.30. The zero-order valence-corrected chi connectivity index (χ0v) is 11.7. The van der Waals surface area contributed by atoms with Crippen molar-refractivity contribution in [1.29, 1.82) is 0 Å². The Bertz CT molecular complexity index is 555. The third kappa shape index (κ3) is 3.08. The Morgan fingerprint density at radius 1 is 1.44 bits per heavy atom. The quantitative estimate of drug-likeness (QED) is 0.622.